The summed E-state index contributed by atoms with van der Waals surface area (Å²) < 4.78 is 0. The van der Waals surface area contributed by atoms with Gasteiger partial charge in [0.1, 0.15) is 0 Å². The Morgan fingerprint density at radius 3 is 2.78 bits per heavy atom. The Hall–Kier alpha value is -2.44. The molecular formula is C20H23ClN4OS. The average Bonchev–Trinajstić information content (AvgIpc) is 2.66. The Kier molecular flexibility index (Phi) is 8.23. The number of amides is 1. The van der Waals surface area contributed by atoms with E-state index in [9.17, 15) is 4.79 Å². The molecule has 142 valence electrons. The third kappa shape index (κ3) is 6.66. The lowest BCUT2D eigenvalue weighted by Crippen LogP contribution is -2.34. The van der Waals surface area contributed by atoms with Crippen molar-refractivity contribution in [2.24, 2.45) is 5.10 Å². The molecule has 5 nitrogen and oxygen atoms in total. The molecule has 27 heavy (non-hydrogen) atoms. The van der Waals surface area contributed by atoms with Gasteiger partial charge in [-0.15, -0.1) is 0 Å². The first-order valence-electron chi connectivity index (χ1n) is 8.72. The summed E-state index contributed by atoms with van der Waals surface area (Å²) in [6, 6.07) is 14.3. The molecule has 0 radical (unpaired) electrons. The van der Waals surface area contributed by atoms with E-state index in [0.29, 0.717) is 21.4 Å². The molecule has 0 heterocycles. The molecule has 0 aliphatic carbocycles. The number of anilines is 1. The van der Waals surface area contributed by atoms with E-state index >= 15 is 0 Å². The zero-order valence-corrected chi connectivity index (χ0v) is 17.0. The van der Waals surface area contributed by atoms with Crippen molar-refractivity contribution in [1.82, 2.24) is 10.3 Å². The van der Waals surface area contributed by atoms with Crippen LogP contribution >= 0.6 is 23.8 Å². The summed E-state index contributed by atoms with van der Waals surface area (Å²) in [4.78, 5) is 12.4. The monoisotopic (exact) mass is 402 g/mol. The molecule has 0 spiro atoms. The van der Waals surface area contributed by atoms with Gasteiger partial charge in [0.05, 0.1) is 16.8 Å². The van der Waals surface area contributed by atoms with Crippen LogP contribution in [0, 0.1) is 0 Å². The maximum Gasteiger partial charge on any atom is 0.257 e. The van der Waals surface area contributed by atoms with Crippen LogP contribution in [0.1, 0.15) is 35.7 Å². The first-order valence-corrected chi connectivity index (χ1v) is 9.51. The highest BCUT2D eigenvalue weighted by Gasteiger charge is 2.09. The van der Waals surface area contributed by atoms with E-state index in [1.165, 1.54) is 0 Å². The highest BCUT2D eigenvalue weighted by molar-refractivity contribution is 7.80. The van der Waals surface area contributed by atoms with E-state index in [1.807, 2.05) is 24.3 Å². The molecule has 0 aromatic heterocycles. The van der Waals surface area contributed by atoms with Crippen LogP contribution < -0.4 is 10.6 Å². The molecule has 0 unspecified atom stereocenters. The number of benzene rings is 2. The lowest BCUT2D eigenvalue weighted by molar-refractivity contribution is 0.102. The van der Waals surface area contributed by atoms with E-state index in [2.05, 4.69) is 22.7 Å². The predicted octanol–water partition coefficient (Wildman–Crippen LogP) is 4.53. The van der Waals surface area contributed by atoms with Gasteiger partial charge in [0, 0.05) is 19.3 Å². The summed E-state index contributed by atoms with van der Waals surface area (Å²) in [5.41, 5.74) is 1.94. The minimum atomic E-state index is -0.256. The Bertz CT molecular complexity index is 825. The second-order valence-electron chi connectivity index (χ2n) is 5.91. The number of carbonyl (C=O) groups is 1. The van der Waals surface area contributed by atoms with Crippen LogP contribution in [0.25, 0.3) is 0 Å². The third-order valence-electron chi connectivity index (χ3n) is 3.74. The van der Waals surface area contributed by atoms with Gasteiger partial charge in [-0.2, -0.15) is 5.10 Å². The topological polar surface area (TPSA) is 56.7 Å². The smallest absolute Gasteiger partial charge is 0.257 e. The Labute approximate surface area is 170 Å². The summed E-state index contributed by atoms with van der Waals surface area (Å²) in [7, 11) is 1.79. The fourth-order valence-electron chi connectivity index (χ4n) is 2.23. The van der Waals surface area contributed by atoms with Gasteiger partial charge in [0.15, 0.2) is 5.11 Å². The fourth-order valence-corrected chi connectivity index (χ4v) is 2.60. The number of nitrogens with zero attached hydrogens (tertiary/aromatic N) is 2. The van der Waals surface area contributed by atoms with Crippen LogP contribution in [0.3, 0.4) is 0 Å². The number of halogens is 1. The summed E-state index contributed by atoms with van der Waals surface area (Å²) in [5, 5.41) is 12.9. The Balaban J connectivity index is 1.99. The lowest BCUT2D eigenvalue weighted by Gasteiger charge is -2.15. The van der Waals surface area contributed by atoms with E-state index in [4.69, 9.17) is 23.8 Å². The SMILES string of the molecule is CCCCNC(=S)N(C)/N=C/c1cccc(NC(=O)c2ccccc2Cl)c1. The molecular weight excluding hydrogens is 380 g/mol. The quantitative estimate of drug-likeness (QED) is 0.309. The number of rotatable bonds is 7. The van der Waals surface area contributed by atoms with Crippen molar-refractivity contribution in [2.45, 2.75) is 19.8 Å². The minimum absolute atomic E-state index is 0.256. The molecule has 2 aromatic rings. The van der Waals surface area contributed by atoms with E-state index in [0.717, 1.165) is 24.9 Å². The van der Waals surface area contributed by atoms with Crippen molar-refractivity contribution in [3.63, 3.8) is 0 Å². The van der Waals surface area contributed by atoms with Crippen molar-refractivity contribution >= 4 is 46.7 Å². The van der Waals surface area contributed by atoms with E-state index < -0.39 is 0 Å². The maximum atomic E-state index is 12.4. The maximum absolute atomic E-state index is 12.4. The van der Waals surface area contributed by atoms with Gasteiger partial charge in [0.25, 0.3) is 5.91 Å². The van der Waals surface area contributed by atoms with Gasteiger partial charge >= 0.3 is 0 Å². The highest BCUT2D eigenvalue weighted by Crippen LogP contribution is 2.17. The number of hydrazone groups is 1. The van der Waals surface area contributed by atoms with Gasteiger partial charge in [-0.3, -0.25) is 4.79 Å². The van der Waals surface area contributed by atoms with Crippen molar-refractivity contribution in [3.05, 3.63) is 64.7 Å². The number of hydrogen-bond acceptors (Lipinski definition) is 3. The van der Waals surface area contributed by atoms with Crippen LogP contribution in [-0.2, 0) is 0 Å². The summed E-state index contributed by atoms with van der Waals surface area (Å²) in [6.45, 7) is 2.96. The molecule has 2 rings (SSSR count). The first kappa shape index (κ1) is 20.9. The first-order chi connectivity index (χ1) is 13.0. The van der Waals surface area contributed by atoms with Crippen molar-refractivity contribution in [3.8, 4) is 0 Å². The molecule has 2 N–H and O–H groups in total. The summed E-state index contributed by atoms with van der Waals surface area (Å²) in [6.07, 6.45) is 3.86. The minimum Gasteiger partial charge on any atom is -0.361 e. The number of thiocarbonyl (C=S) groups is 1. The molecule has 2 aromatic carbocycles. The highest BCUT2D eigenvalue weighted by atomic mass is 35.5. The van der Waals surface area contributed by atoms with Gasteiger partial charge < -0.3 is 10.6 Å². The molecule has 0 aliphatic heterocycles. The molecule has 0 bridgehead atoms. The zero-order chi connectivity index (χ0) is 19.6. The average molecular weight is 403 g/mol. The summed E-state index contributed by atoms with van der Waals surface area (Å²) >= 11 is 11.4. The third-order valence-corrected chi connectivity index (χ3v) is 4.48. The molecule has 1 amide bonds. The number of unbranched alkanes of at least 4 members (excludes halogenated alkanes) is 1. The van der Waals surface area contributed by atoms with Crippen molar-refractivity contribution in [2.75, 3.05) is 18.9 Å². The standard InChI is InChI=1S/C20H23ClN4OS/c1-3-4-12-22-20(27)25(2)23-14-15-8-7-9-16(13-15)24-19(26)17-10-5-6-11-18(17)21/h5-11,13-14H,3-4,12H2,1-2H3,(H,22,27)(H,24,26)/b23-14+. The summed E-state index contributed by atoms with van der Waals surface area (Å²) in [5.74, 6) is -0.256. The van der Waals surface area contributed by atoms with Gasteiger partial charge in [-0.25, -0.2) is 5.01 Å². The van der Waals surface area contributed by atoms with Gasteiger partial charge in [-0.05, 0) is 48.5 Å². The van der Waals surface area contributed by atoms with Crippen LogP contribution in [0.5, 0.6) is 0 Å². The zero-order valence-electron chi connectivity index (χ0n) is 15.4. The van der Waals surface area contributed by atoms with Gasteiger partial charge in [-0.1, -0.05) is 49.2 Å². The van der Waals surface area contributed by atoms with Crippen LogP contribution in [0.15, 0.2) is 53.6 Å². The predicted molar refractivity (Wildman–Crippen MR) is 117 cm³/mol. The molecule has 0 fully saturated rings. The van der Waals surface area contributed by atoms with Crippen LogP contribution in [-0.4, -0.2) is 35.8 Å². The normalized spacial score (nSPS) is 10.6. The fraction of sp³-hybridized carbons (Fsp3) is 0.250. The molecule has 0 atom stereocenters. The van der Waals surface area contributed by atoms with Crippen LogP contribution in [0.4, 0.5) is 5.69 Å². The van der Waals surface area contributed by atoms with Crippen LogP contribution in [0.2, 0.25) is 5.02 Å². The Morgan fingerprint density at radius 2 is 2.04 bits per heavy atom. The van der Waals surface area contributed by atoms with Crippen molar-refractivity contribution < 1.29 is 4.79 Å². The lowest BCUT2D eigenvalue weighted by atomic mass is 10.2. The molecule has 0 aliphatic rings. The number of nitrogens with one attached hydrogen (secondary N) is 2. The molecule has 7 heteroatoms. The number of hydrogen-bond donors (Lipinski definition) is 2. The van der Waals surface area contributed by atoms with E-state index in [-0.39, 0.29) is 5.91 Å². The van der Waals surface area contributed by atoms with E-state index in [1.54, 1.807) is 42.5 Å². The molecule has 0 saturated heterocycles. The second kappa shape index (κ2) is 10.6. The van der Waals surface area contributed by atoms with Crippen molar-refractivity contribution in [1.29, 1.82) is 0 Å². The Morgan fingerprint density at radius 1 is 1.26 bits per heavy atom. The largest absolute Gasteiger partial charge is 0.361 e. The number of carbonyl (C=O) groups excluding carboxylic acids is 1. The molecule has 0 saturated carbocycles. The second-order valence-corrected chi connectivity index (χ2v) is 6.71. The van der Waals surface area contributed by atoms with Gasteiger partial charge in [0.2, 0.25) is 0 Å².